The lowest BCUT2D eigenvalue weighted by molar-refractivity contribution is 0.694. The molecule has 10 radical (unpaired) electrons. The Labute approximate surface area is 109 Å². The van der Waals surface area contributed by atoms with Crippen LogP contribution < -0.4 is 0 Å². The summed E-state index contributed by atoms with van der Waals surface area (Å²) in [7, 11) is 0. The average Bonchev–Trinajstić information content (AvgIpc) is 2.97. The van der Waals surface area contributed by atoms with Crippen LogP contribution in [0.25, 0.3) is 0 Å². The van der Waals surface area contributed by atoms with E-state index in [0.717, 1.165) is 0 Å². The quantitative estimate of drug-likeness (QED) is 0.624. The minimum absolute atomic E-state index is 1.17. The molecule has 0 bridgehead atoms. The fourth-order valence-electron chi connectivity index (χ4n) is 2.64. The van der Waals surface area contributed by atoms with Crippen molar-refractivity contribution in [3.05, 3.63) is 62.2 Å². The molecule has 0 saturated heterocycles. The monoisotopic (exact) mass is 226 g/mol. The van der Waals surface area contributed by atoms with Gasteiger partial charge in [-0.2, -0.15) is 0 Å². The summed E-state index contributed by atoms with van der Waals surface area (Å²) in [5.74, 6) is 6.17. The number of rotatable bonds is 6. The van der Waals surface area contributed by atoms with Crippen molar-refractivity contribution < 1.29 is 0 Å². The molecule has 0 N–H and O–H groups in total. The zero-order valence-corrected chi connectivity index (χ0v) is 11.0. The molecule has 0 aromatic heterocycles. The van der Waals surface area contributed by atoms with Crippen molar-refractivity contribution in [2.75, 3.05) is 0 Å². The van der Waals surface area contributed by atoms with Gasteiger partial charge in [0.05, 0.1) is 0 Å². The van der Waals surface area contributed by atoms with Gasteiger partial charge in [-0.1, -0.05) is 20.3 Å². The van der Waals surface area contributed by atoms with Crippen LogP contribution in [0.1, 0.15) is 46.0 Å². The van der Waals surface area contributed by atoms with Gasteiger partial charge in [-0.15, -0.1) is 0 Å². The highest BCUT2D eigenvalue weighted by molar-refractivity contribution is 5.45. The van der Waals surface area contributed by atoms with Crippen molar-refractivity contribution in [1.82, 2.24) is 0 Å². The van der Waals surface area contributed by atoms with Crippen LogP contribution in [-0.4, -0.2) is 0 Å². The van der Waals surface area contributed by atoms with Crippen LogP contribution >= 0.6 is 0 Å². The van der Waals surface area contributed by atoms with E-state index in [1.807, 2.05) is 0 Å². The van der Waals surface area contributed by atoms with E-state index in [9.17, 15) is 0 Å². The first-order valence-corrected chi connectivity index (χ1v) is 6.82. The predicted octanol–water partition coefficient (Wildman–Crippen LogP) is 4.53. The molecule has 0 heterocycles. The Morgan fingerprint density at radius 3 is 1.47 bits per heavy atom. The molecule has 2 aliphatic rings. The first-order chi connectivity index (χ1) is 8.35. The molecule has 0 aromatic rings. The van der Waals surface area contributed by atoms with Crippen molar-refractivity contribution >= 4 is 0 Å². The second-order valence-corrected chi connectivity index (χ2v) is 4.71. The highest BCUT2D eigenvalue weighted by atomic mass is 14.3. The summed E-state index contributed by atoms with van der Waals surface area (Å²) in [6, 6.07) is 0. The highest BCUT2D eigenvalue weighted by Crippen LogP contribution is 2.42. The molecule has 0 aromatic carbocycles. The number of hydrogen-bond donors (Lipinski definition) is 0. The number of hydrogen-bond acceptors (Lipinski definition) is 0. The lowest BCUT2D eigenvalue weighted by Crippen LogP contribution is -2.06. The molecular weight excluding hydrogens is 204 g/mol. The third kappa shape index (κ3) is 3.48. The van der Waals surface area contributed by atoms with Gasteiger partial charge in [-0.25, -0.2) is 0 Å². The predicted molar refractivity (Wildman–Crippen MR) is 73.2 cm³/mol. The Balaban J connectivity index is 1.65. The van der Waals surface area contributed by atoms with Crippen molar-refractivity contribution in [2.45, 2.75) is 46.0 Å². The summed E-state index contributed by atoms with van der Waals surface area (Å²) >= 11 is 0. The van der Waals surface area contributed by atoms with Crippen LogP contribution in [0.2, 0.25) is 0 Å². The van der Waals surface area contributed by atoms with E-state index < -0.39 is 0 Å². The largest absolute Gasteiger partial charge is 0.0648 e. The van der Waals surface area contributed by atoms with Crippen molar-refractivity contribution in [1.29, 1.82) is 0 Å². The molecule has 17 heavy (non-hydrogen) atoms. The van der Waals surface area contributed by atoms with Gasteiger partial charge in [-0.05, 0) is 87.9 Å². The normalized spacial score (nSPS) is 25.1. The average molecular weight is 226 g/mol. The maximum atomic E-state index is 2.28. The van der Waals surface area contributed by atoms with Gasteiger partial charge >= 0.3 is 0 Å². The van der Waals surface area contributed by atoms with Crippen molar-refractivity contribution in [3.63, 3.8) is 0 Å². The molecule has 0 nitrogen and oxygen atoms in total. The third-order valence-corrected chi connectivity index (χ3v) is 3.67. The zero-order valence-electron chi connectivity index (χ0n) is 11.0. The summed E-state index contributed by atoms with van der Waals surface area (Å²) < 4.78 is 0. The topological polar surface area (TPSA) is 0 Å². The Hall–Kier alpha value is 0. The molecule has 0 unspecified atom stereocenters. The van der Waals surface area contributed by atoms with Crippen molar-refractivity contribution in [2.24, 2.45) is 0 Å². The Kier molecular flexibility index (Phi) is 5.38. The van der Waals surface area contributed by atoms with Gasteiger partial charge < -0.3 is 0 Å². The summed E-state index contributed by atoms with van der Waals surface area (Å²) in [6.07, 6.45) is 19.5. The molecule has 2 rings (SSSR count). The van der Waals surface area contributed by atoms with Crippen LogP contribution in [0.5, 0.6) is 0 Å². The summed E-state index contributed by atoms with van der Waals surface area (Å²) in [5.41, 5.74) is 0. The van der Waals surface area contributed by atoms with E-state index in [1.165, 1.54) is 43.9 Å². The minimum atomic E-state index is 1.17. The van der Waals surface area contributed by atoms with Crippen LogP contribution in [0.3, 0.4) is 0 Å². The minimum Gasteiger partial charge on any atom is -0.0648 e. The van der Waals surface area contributed by atoms with E-state index in [4.69, 9.17) is 0 Å². The molecular formula is C17H22. The molecule has 0 amide bonds. The van der Waals surface area contributed by atoms with Crippen LogP contribution in [0, 0.1) is 62.2 Å². The maximum Gasteiger partial charge on any atom is -0.0134 e. The van der Waals surface area contributed by atoms with E-state index in [1.54, 1.807) is 11.8 Å². The van der Waals surface area contributed by atoms with Gasteiger partial charge in [-0.3, -0.25) is 0 Å². The van der Waals surface area contributed by atoms with E-state index >= 15 is 0 Å². The zero-order chi connectivity index (χ0) is 12.1. The Bertz CT molecular complexity index is 186. The molecule has 2 saturated carbocycles. The Morgan fingerprint density at radius 1 is 0.647 bits per heavy atom. The van der Waals surface area contributed by atoms with E-state index in [2.05, 4.69) is 52.4 Å². The summed E-state index contributed by atoms with van der Waals surface area (Å²) in [4.78, 5) is 0. The fraction of sp³-hybridized carbons (Fsp3) is 0.412. The van der Waals surface area contributed by atoms with Gasteiger partial charge in [0, 0.05) is 0 Å². The second kappa shape index (κ2) is 6.81. The third-order valence-electron chi connectivity index (χ3n) is 3.67. The van der Waals surface area contributed by atoms with E-state index in [0.29, 0.717) is 0 Å². The lowest BCUT2D eigenvalue weighted by Gasteiger charge is -2.19. The van der Waals surface area contributed by atoms with Crippen molar-refractivity contribution in [3.8, 4) is 0 Å². The molecule has 2 fully saturated rings. The molecule has 0 spiro atoms. The fourth-order valence-corrected chi connectivity index (χ4v) is 2.64. The smallest absolute Gasteiger partial charge is 0.0134 e. The summed E-state index contributed by atoms with van der Waals surface area (Å²) in [6.45, 7) is 4.48. The van der Waals surface area contributed by atoms with Crippen LogP contribution in [0.15, 0.2) is 0 Å². The molecule has 90 valence electrons. The molecule has 0 aliphatic heterocycles. The second-order valence-electron chi connectivity index (χ2n) is 4.71. The van der Waals surface area contributed by atoms with E-state index in [-0.39, 0.29) is 0 Å². The van der Waals surface area contributed by atoms with Gasteiger partial charge in [0.15, 0.2) is 0 Å². The maximum absolute atomic E-state index is 2.28. The summed E-state index contributed by atoms with van der Waals surface area (Å²) in [5, 5.41) is 0. The van der Waals surface area contributed by atoms with Gasteiger partial charge in [0.1, 0.15) is 0 Å². The highest BCUT2D eigenvalue weighted by Gasteiger charge is 2.29. The lowest BCUT2D eigenvalue weighted by atomic mass is 9.85. The Morgan fingerprint density at radius 2 is 1.06 bits per heavy atom. The van der Waals surface area contributed by atoms with Crippen LogP contribution in [-0.2, 0) is 0 Å². The molecule has 2 aliphatic carbocycles. The SMILES string of the molecule is CC[C]1[CH][CH][CH][C]1CCC[C]1[CH][CH][CH][C]1CC. The van der Waals surface area contributed by atoms with Gasteiger partial charge in [0.2, 0.25) is 0 Å². The molecule has 0 atom stereocenters. The standard InChI is InChI=1S/C17H22/c1-3-14-8-5-10-16(14)12-7-13-17-11-6-9-15(17)4-2/h5-6,8-11H,3-4,7,12-13H2,1-2H3. The molecule has 0 heteroatoms. The first kappa shape index (κ1) is 13.4. The first-order valence-electron chi connectivity index (χ1n) is 6.82. The van der Waals surface area contributed by atoms with Crippen LogP contribution in [0.4, 0.5) is 0 Å². The van der Waals surface area contributed by atoms with Gasteiger partial charge in [0.25, 0.3) is 0 Å².